The number of nitrogens with zero attached hydrogens (tertiary/aromatic N) is 1. The van der Waals surface area contributed by atoms with E-state index in [0.29, 0.717) is 11.7 Å². The molecule has 84 valence electrons. The number of hydrazine groups is 1. The lowest BCUT2D eigenvalue weighted by Crippen LogP contribution is -2.46. The average molecular weight is 201 g/mol. The van der Waals surface area contributed by atoms with Crippen LogP contribution in [0.2, 0.25) is 0 Å². The first kappa shape index (κ1) is 13.3. The molecule has 14 heavy (non-hydrogen) atoms. The topological polar surface area (TPSA) is 75.5 Å². The van der Waals surface area contributed by atoms with Gasteiger partial charge in [0.15, 0.2) is 0 Å². The fraction of sp³-hybridized carbons (Fsp3) is 0.800. The molecular weight excluding hydrogens is 178 g/mol. The second-order valence-electron chi connectivity index (χ2n) is 3.26. The van der Waals surface area contributed by atoms with Crippen molar-refractivity contribution in [3.8, 4) is 0 Å². The summed E-state index contributed by atoms with van der Waals surface area (Å²) in [5, 5.41) is 10.9. The SMILES string of the molecule is CC.CC(O)/C(=C/N)N(N)C1CCC1. The first-order valence-electron chi connectivity index (χ1n) is 5.30. The largest absolute Gasteiger partial charge is 0.403 e. The number of hydrogen-bond acceptors (Lipinski definition) is 4. The van der Waals surface area contributed by atoms with Crippen molar-refractivity contribution in [2.75, 3.05) is 0 Å². The van der Waals surface area contributed by atoms with Crippen LogP contribution in [0, 0.1) is 0 Å². The fourth-order valence-electron chi connectivity index (χ4n) is 1.32. The van der Waals surface area contributed by atoms with Crippen molar-refractivity contribution in [3.05, 3.63) is 11.9 Å². The van der Waals surface area contributed by atoms with E-state index in [1.165, 1.54) is 12.6 Å². The van der Waals surface area contributed by atoms with Gasteiger partial charge in [0.2, 0.25) is 0 Å². The molecule has 4 heteroatoms. The van der Waals surface area contributed by atoms with E-state index in [1.54, 1.807) is 11.9 Å². The first-order valence-corrected chi connectivity index (χ1v) is 5.30. The lowest BCUT2D eigenvalue weighted by atomic mass is 9.92. The molecule has 0 heterocycles. The zero-order valence-electron chi connectivity index (χ0n) is 9.40. The molecule has 0 aromatic carbocycles. The van der Waals surface area contributed by atoms with Gasteiger partial charge in [-0.25, -0.2) is 5.84 Å². The third-order valence-corrected chi connectivity index (χ3v) is 2.37. The number of rotatable bonds is 3. The standard InChI is InChI=1S/C8H17N3O.C2H6/c1-6(12)8(5-9)11(10)7-3-2-4-7;1-2/h5-7,12H,2-4,9-10H2,1H3;1-2H3/b8-5-;. The summed E-state index contributed by atoms with van der Waals surface area (Å²) in [4.78, 5) is 0. The molecular formula is C10H23N3O. The summed E-state index contributed by atoms with van der Waals surface area (Å²) in [6.45, 7) is 5.66. The van der Waals surface area contributed by atoms with Gasteiger partial charge in [-0.3, -0.25) is 0 Å². The van der Waals surface area contributed by atoms with Crippen LogP contribution in [0.25, 0.3) is 0 Å². The molecule has 0 aliphatic heterocycles. The molecule has 0 spiro atoms. The molecule has 1 aliphatic carbocycles. The third kappa shape index (κ3) is 3.20. The van der Waals surface area contributed by atoms with Gasteiger partial charge < -0.3 is 15.8 Å². The Hall–Kier alpha value is -0.740. The molecule has 0 amide bonds. The fourth-order valence-corrected chi connectivity index (χ4v) is 1.32. The third-order valence-electron chi connectivity index (χ3n) is 2.37. The molecule has 0 aromatic heterocycles. The Morgan fingerprint density at radius 2 is 2.00 bits per heavy atom. The Morgan fingerprint density at radius 1 is 1.50 bits per heavy atom. The summed E-state index contributed by atoms with van der Waals surface area (Å²) >= 11 is 0. The van der Waals surface area contributed by atoms with Gasteiger partial charge in [-0.1, -0.05) is 13.8 Å². The van der Waals surface area contributed by atoms with Gasteiger partial charge in [-0.05, 0) is 26.2 Å². The van der Waals surface area contributed by atoms with Crippen LogP contribution < -0.4 is 11.6 Å². The van der Waals surface area contributed by atoms with Gasteiger partial charge in [0.1, 0.15) is 0 Å². The van der Waals surface area contributed by atoms with E-state index in [4.69, 9.17) is 11.6 Å². The smallest absolute Gasteiger partial charge is 0.0937 e. The summed E-state index contributed by atoms with van der Waals surface area (Å²) < 4.78 is 0. The van der Waals surface area contributed by atoms with Crippen molar-refractivity contribution in [1.29, 1.82) is 0 Å². The van der Waals surface area contributed by atoms with Crippen LogP contribution in [0.15, 0.2) is 11.9 Å². The lowest BCUT2D eigenvalue weighted by molar-refractivity contribution is 0.114. The number of nitrogens with two attached hydrogens (primary N) is 2. The summed E-state index contributed by atoms with van der Waals surface area (Å²) in [6, 6.07) is 0.370. The van der Waals surface area contributed by atoms with Crippen LogP contribution in [0.5, 0.6) is 0 Å². The van der Waals surface area contributed by atoms with Gasteiger partial charge in [0.25, 0.3) is 0 Å². The molecule has 0 aromatic rings. The number of hydrogen-bond donors (Lipinski definition) is 3. The van der Waals surface area contributed by atoms with Crippen molar-refractivity contribution in [2.24, 2.45) is 11.6 Å². The van der Waals surface area contributed by atoms with Crippen LogP contribution in [-0.2, 0) is 0 Å². The highest BCUT2D eigenvalue weighted by Crippen LogP contribution is 2.25. The van der Waals surface area contributed by atoms with Crippen molar-refractivity contribution in [1.82, 2.24) is 5.01 Å². The Labute approximate surface area is 86.5 Å². The second kappa shape index (κ2) is 6.68. The van der Waals surface area contributed by atoms with Crippen LogP contribution in [0.4, 0.5) is 0 Å². The maximum absolute atomic E-state index is 9.28. The minimum absolute atomic E-state index is 0.370. The zero-order valence-corrected chi connectivity index (χ0v) is 9.40. The number of aliphatic hydroxyl groups is 1. The zero-order chi connectivity index (χ0) is 11.1. The average Bonchev–Trinajstić information content (AvgIpc) is 2.05. The van der Waals surface area contributed by atoms with E-state index in [9.17, 15) is 5.11 Å². The minimum Gasteiger partial charge on any atom is -0.403 e. The Bertz CT molecular complexity index is 176. The summed E-state index contributed by atoms with van der Waals surface area (Å²) in [5.74, 6) is 5.76. The molecule has 1 saturated carbocycles. The maximum atomic E-state index is 9.28. The first-order chi connectivity index (χ1) is 6.66. The summed E-state index contributed by atoms with van der Waals surface area (Å²) in [7, 11) is 0. The van der Waals surface area contributed by atoms with Crippen molar-refractivity contribution in [2.45, 2.75) is 52.2 Å². The molecule has 0 bridgehead atoms. The molecule has 5 N–H and O–H groups in total. The van der Waals surface area contributed by atoms with Crippen molar-refractivity contribution < 1.29 is 5.11 Å². The van der Waals surface area contributed by atoms with Gasteiger partial charge in [0, 0.05) is 12.2 Å². The van der Waals surface area contributed by atoms with Crippen LogP contribution in [0.3, 0.4) is 0 Å². The minimum atomic E-state index is -0.583. The summed E-state index contributed by atoms with van der Waals surface area (Å²) in [6.07, 6.45) is 4.21. The molecule has 0 saturated heterocycles. The predicted molar refractivity (Wildman–Crippen MR) is 59.0 cm³/mol. The molecule has 1 atom stereocenters. The highest BCUT2D eigenvalue weighted by molar-refractivity contribution is 5.05. The van der Waals surface area contributed by atoms with Crippen molar-refractivity contribution >= 4 is 0 Å². The van der Waals surface area contributed by atoms with E-state index < -0.39 is 6.10 Å². The maximum Gasteiger partial charge on any atom is 0.0937 e. The van der Waals surface area contributed by atoms with E-state index >= 15 is 0 Å². The van der Waals surface area contributed by atoms with Crippen molar-refractivity contribution in [3.63, 3.8) is 0 Å². The quantitative estimate of drug-likeness (QED) is 0.469. The lowest BCUT2D eigenvalue weighted by Gasteiger charge is -2.37. The van der Waals surface area contributed by atoms with Gasteiger partial charge in [0.05, 0.1) is 11.8 Å². The van der Waals surface area contributed by atoms with E-state index in [2.05, 4.69) is 0 Å². The highest BCUT2D eigenvalue weighted by Gasteiger charge is 2.25. The second-order valence-corrected chi connectivity index (χ2v) is 3.26. The monoisotopic (exact) mass is 201 g/mol. The molecule has 4 nitrogen and oxygen atoms in total. The number of aliphatic hydroxyl groups excluding tert-OH is 1. The van der Waals surface area contributed by atoms with Gasteiger partial charge in [-0.2, -0.15) is 0 Å². The molecule has 1 aliphatic rings. The molecule has 0 radical (unpaired) electrons. The van der Waals surface area contributed by atoms with E-state index in [1.807, 2.05) is 13.8 Å². The normalized spacial score (nSPS) is 19.1. The van der Waals surface area contributed by atoms with Gasteiger partial charge in [-0.15, -0.1) is 0 Å². The van der Waals surface area contributed by atoms with Gasteiger partial charge >= 0.3 is 0 Å². The molecule has 1 unspecified atom stereocenters. The van der Waals surface area contributed by atoms with Crippen LogP contribution in [-0.4, -0.2) is 22.3 Å². The molecule has 1 rings (SSSR count). The van der Waals surface area contributed by atoms with E-state index in [0.717, 1.165) is 12.8 Å². The molecule has 1 fully saturated rings. The Balaban J connectivity index is 0.000000791. The summed E-state index contributed by atoms with van der Waals surface area (Å²) in [5.41, 5.74) is 5.96. The predicted octanol–water partition coefficient (Wildman–Crippen LogP) is 0.922. The van der Waals surface area contributed by atoms with Crippen LogP contribution >= 0.6 is 0 Å². The van der Waals surface area contributed by atoms with Crippen LogP contribution in [0.1, 0.15) is 40.0 Å². The Morgan fingerprint density at radius 3 is 2.21 bits per heavy atom. The Kier molecular flexibility index (Phi) is 6.32. The highest BCUT2D eigenvalue weighted by atomic mass is 16.3. The van der Waals surface area contributed by atoms with E-state index in [-0.39, 0.29) is 0 Å².